The Kier molecular flexibility index (Phi) is 4.85. The van der Waals surface area contributed by atoms with Crippen molar-refractivity contribution >= 4 is 5.91 Å². The fourth-order valence-corrected chi connectivity index (χ4v) is 2.64. The molecule has 1 aromatic carbocycles. The molecule has 3 N–H and O–H groups in total. The number of carbonyl (C=O) groups excluding carboxylic acids is 1. The van der Waals surface area contributed by atoms with Crippen LogP contribution in [0.4, 0.5) is 0 Å². The predicted octanol–water partition coefficient (Wildman–Crippen LogP) is 1.45. The Morgan fingerprint density at radius 1 is 1.38 bits per heavy atom. The molecule has 116 valence electrons. The maximum Gasteiger partial charge on any atom is 0.258 e. The third-order valence-corrected chi connectivity index (χ3v) is 4.33. The zero-order valence-corrected chi connectivity index (χ0v) is 12.9. The van der Waals surface area contributed by atoms with Crippen molar-refractivity contribution in [2.75, 3.05) is 13.7 Å². The van der Waals surface area contributed by atoms with Crippen LogP contribution in [0.2, 0.25) is 0 Å². The molecule has 1 saturated carbocycles. The monoisotopic (exact) mass is 292 g/mol. The number of benzene rings is 1. The van der Waals surface area contributed by atoms with Crippen molar-refractivity contribution < 1.29 is 14.3 Å². The molecule has 2 rings (SSSR count). The zero-order valence-electron chi connectivity index (χ0n) is 12.9. The molecule has 1 aliphatic carbocycles. The van der Waals surface area contributed by atoms with Gasteiger partial charge in [-0.2, -0.15) is 0 Å². The normalized spacial score (nSPS) is 23.2. The summed E-state index contributed by atoms with van der Waals surface area (Å²) in [5.41, 5.74) is 6.53. The van der Waals surface area contributed by atoms with E-state index in [2.05, 4.69) is 19.2 Å². The van der Waals surface area contributed by atoms with Crippen molar-refractivity contribution in [2.45, 2.75) is 39.0 Å². The third kappa shape index (κ3) is 3.54. The van der Waals surface area contributed by atoms with Gasteiger partial charge in [0.05, 0.1) is 6.10 Å². The van der Waals surface area contributed by atoms with E-state index in [0.717, 1.165) is 12.0 Å². The van der Waals surface area contributed by atoms with Gasteiger partial charge in [-0.25, -0.2) is 0 Å². The van der Waals surface area contributed by atoms with E-state index in [0.29, 0.717) is 12.3 Å². The van der Waals surface area contributed by atoms with Crippen molar-refractivity contribution in [3.63, 3.8) is 0 Å². The van der Waals surface area contributed by atoms with Crippen LogP contribution in [-0.2, 0) is 16.1 Å². The van der Waals surface area contributed by atoms with E-state index in [4.69, 9.17) is 15.2 Å². The first-order chi connectivity index (χ1) is 9.97. The highest BCUT2D eigenvalue weighted by Crippen LogP contribution is 2.42. The molecule has 0 radical (unpaired) electrons. The molecule has 0 aromatic heterocycles. The molecule has 0 spiro atoms. The molecule has 5 heteroatoms. The van der Waals surface area contributed by atoms with Crippen molar-refractivity contribution in [3.8, 4) is 5.75 Å². The first-order valence-electron chi connectivity index (χ1n) is 7.21. The summed E-state index contributed by atoms with van der Waals surface area (Å²) in [6, 6.07) is 7.57. The first-order valence-corrected chi connectivity index (χ1v) is 7.21. The molecular formula is C16H24N2O3. The first kappa shape index (κ1) is 15.8. The third-order valence-electron chi connectivity index (χ3n) is 4.33. The van der Waals surface area contributed by atoms with Gasteiger partial charge in [-0.3, -0.25) is 4.79 Å². The van der Waals surface area contributed by atoms with Gasteiger partial charge in [-0.15, -0.1) is 0 Å². The Morgan fingerprint density at radius 2 is 2.05 bits per heavy atom. The van der Waals surface area contributed by atoms with Crippen molar-refractivity contribution in [1.29, 1.82) is 0 Å². The molecular weight excluding hydrogens is 268 g/mol. The lowest BCUT2D eigenvalue weighted by atomic mass is 9.64. The molecule has 1 aliphatic rings. The minimum absolute atomic E-state index is 0.0200. The van der Waals surface area contributed by atoms with Gasteiger partial charge in [0.15, 0.2) is 6.61 Å². The van der Waals surface area contributed by atoms with Gasteiger partial charge < -0.3 is 20.5 Å². The van der Waals surface area contributed by atoms with Crippen LogP contribution in [0.15, 0.2) is 24.3 Å². The van der Waals surface area contributed by atoms with E-state index >= 15 is 0 Å². The number of hydrogen-bond acceptors (Lipinski definition) is 4. The molecule has 5 nitrogen and oxygen atoms in total. The van der Waals surface area contributed by atoms with Crippen LogP contribution in [0, 0.1) is 5.41 Å². The number of rotatable bonds is 6. The van der Waals surface area contributed by atoms with Gasteiger partial charge >= 0.3 is 0 Å². The predicted molar refractivity (Wildman–Crippen MR) is 81.0 cm³/mol. The fraction of sp³-hybridized carbons (Fsp3) is 0.562. The van der Waals surface area contributed by atoms with Gasteiger partial charge in [-0.1, -0.05) is 26.0 Å². The Hall–Kier alpha value is -1.59. The second-order valence-electron chi connectivity index (χ2n) is 6.04. The highest BCUT2D eigenvalue weighted by atomic mass is 16.5. The standard InChI is InChI=1S/C16H24N2O3/c1-16(2)13(8-14(16)20-3)18-15(19)10-21-12-6-4-11(9-17)5-7-12/h4-7,13-14H,8-10,17H2,1-3H3,(H,18,19). The van der Waals surface area contributed by atoms with Gasteiger partial charge in [0.25, 0.3) is 5.91 Å². The molecule has 21 heavy (non-hydrogen) atoms. The number of hydrogen-bond donors (Lipinski definition) is 2. The van der Waals surface area contributed by atoms with Crippen LogP contribution >= 0.6 is 0 Å². The van der Waals surface area contributed by atoms with Crippen molar-refractivity contribution in [3.05, 3.63) is 29.8 Å². The summed E-state index contributed by atoms with van der Waals surface area (Å²) >= 11 is 0. The average Bonchev–Trinajstić information content (AvgIpc) is 2.49. The average molecular weight is 292 g/mol. The van der Waals surface area contributed by atoms with Gasteiger partial charge in [0, 0.05) is 25.1 Å². The van der Waals surface area contributed by atoms with Crippen molar-refractivity contribution in [2.24, 2.45) is 11.1 Å². The molecule has 0 bridgehead atoms. The maximum atomic E-state index is 11.9. The van der Waals surface area contributed by atoms with Gasteiger partial charge in [0.2, 0.25) is 0 Å². The van der Waals surface area contributed by atoms with E-state index in [1.165, 1.54) is 0 Å². The molecule has 1 amide bonds. The largest absolute Gasteiger partial charge is 0.484 e. The molecule has 0 saturated heterocycles. The summed E-state index contributed by atoms with van der Waals surface area (Å²) in [7, 11) is 1.71. The Morgan fingerprint density at radius 3 is 2.57 bits per heavy atom. The Bertz CT molecular complexity index is 485. The lowest BCUT2D eigenvalue weighted by Gasteiger charge is -2.51. The highest BCUT2D eigenvalue weighted by molar-refractivity contribution is 5.78. The number of methoxy groups -OCH3 is 1. The number of nitrogens with one attached hydrogen (secondary N) is 1. The zero-order chi connectivity index (χ0) is 15.5. The summed E-state index contributed by atoms with van der Waals surface area (Å²) in [4.78, 5) is 11.9. The van der Waals surface area contributed by atoms with E-state index < -0.39 is 0 Å². The smallest absolute Gasteiger partial charge is 0.258 e. The number of carbonyl (C=O) groups is 1. The Labute approximate surface area is 125 Å². The summed E-state index contributed by atoms with van der Waals surface area (Å²) in [5.74, 6) is 0.565. The van der Waals surface area contributed by atoms with E-state index in [9.17, 15) is 4.79 Å². The number of ether oxygens (including phenoxy) is 2. The number of amides is 1. The number of nitrogens with two attached hydrogens (primary N) is 1. The van der Waals surface area contributed by atoms with Gasteiger partial charge in [0.1, 0.15) is 5.75 Å². The molecule has 1 fully saturated rings. The summed E-state index contributed by atoms with van der Waals surface area (Å²) in [6.07, 6.45) is 1.05. The van der Waals surface area contributed by atoms with Crippen LogP contribution in [0.5, 0.6) is 5.75 Å². The van der Waals surface area contributed by atoms with Crippen LogP contribution in [-0.4, -0.2) is 31.8 Å². The minimum atomic E-state index is -0.106. The second kappa shape index (κ2) is 6.45. The summed E-state index contributed by atoms with van der Waals surface area (Å²) < 4.78 is 10.8. The molecule has 0 aliphatic heterocycles. The topological polar surface area (TPSA) is 73.6 Å². The molecule has 1 aromatic rings. The molecule has 0 heterocycles. The van der Waals surface area contributed by atoms with Crippen LogP contribution in [0.3, 0.4) is 0 Å². The van der Waals surface area contributed by atoms with E-state index in [1.807, 2.05) is 24.3 Å². The van der Waals surface area contributed by atoms with Gasteiger partial charge in [-0.05, 0) is 24.1 Å². The maximum absolute atomic E-state index is 11.9. The lowest BCUT2D eigenvalue weighted by molar-refractivity contribution is -0.134. The SMILES string of the molecule is COC1CC(NC(=O)COc2ccc(CN)cc2)C1(C)C. The highest BCUT2D eigenvalue weighted by Gasteiger charge is 2.49. The second-order valence-corrected chi connectivity index (χ2v) is 6.04. The van der Waals surface area contributed by atoms with Crippen LogP contribution < -0.4 is 15.8 Å². The van der Waals surface area contributed by atoms with Crippen LogP contribution in [0.25, 0.3) is 0 Å². The van der Waals surface area contributed by atoms with E-state index in [1.54, 1.807) is 7.11 Å². The summed E-state index contributed by atoms with van der Waals surface area (Å²) in [6.45, 7) is 4.72. The lowest BCUT2D eigenvalue weighted by Crippen LogP contribution is -2.62. The summed E-state index contributed by atoms with van der Waals surface area (Å²) in [5, 5.41) is 3.00. The minimum Gasteiger partial charge on any atom is -0.484 e. The van der Waals surface area contributed by atoms with Crippen molar-refractivity contribution in [1.82, 2.24) is 5.32 Å². The Balaban J connectivity index is 1.77. The fourth-order valence-electron chi connectivity index (χ4n) is 2.64. The molecule has 2 atom stereocenters. The molecule has 2 unspecified atom stereocenters. The quantitative estimate of drug-likeness (QED) is 0.832. The van der Waals surface area contributed by atoms with Crippen LogP contribution in [0.1, 0.15) is 25.8 Å². The van der Waals surface area contributed by atoms with E-state index in [-0.39, 0.29) is 30.1 Å².